The Bertz CT molecular complexity index is 793. The van der Waals surface area contributed by atoms with E-state index in [9.17, 15) is 24.6 Å². The summed E-state index contributed by atoms with van der Waals surface area (Å²) in [5.41, 5.74) is 1.30. The van der Waals surface area contributed by atoms with Crippen LogP contribution in [0.2, 0.25) is 0 Å². The molecule has 29 heavy (non-hydrogen) atoms. The monoisotopic (exact) mass is 407 g/mol. The normalized spacial score (nSPS) is 15.2. The van der Waals surface area contributed by atoms with Crippen molar-refractivity contribution in [1.29, 1.82) is 0 Å². The van der Waals surface area contributed by atoms with Gasteiger partial charge in [0.25, 0.3) is 0 Å². The molecule has 4 atom stereocenters. The average molecular weight is 407 g/mol. The highest BCUT2D eigenvalue weighted by molar-refractivity contribution is 5.87. The van der Waals surface area contributed by atoms with Crippen LogP contribution in [-0.4, -0.2) is 79.2 Å². The zero-order chi connectivity index (χ0) is 21.4. The predicted molar refractivity (Wildman–Crippen MR) is 101 cm³/mol. The predicted octanol–water partition coefficient (Wildman–Crippen LogP) is -1.49. The molecule has 2 heterocycles. The van der Waals surface area contributed by atoms with Crippen molar-refractivity contribution in [2.45, 2.75) is 43.9 Å². The van der Waals surface area contributed by atoms with Crippen LogP contribution < -0.4 is 16.0 Å². The minimum absolute atomic E-state index is 0.0823. The van der Waals surface area contributed by atoms with Gasteiger partial charge in [-0.05, 0) is 14.0 Å². The fourth-order valence-corrected chi connectivity index (χ4v) is 2.84. The maximum atomic E-state index is 12.6. The lowest BCUT2D eigenvalue weighted by Crippen LogP contribution is -2.59. The Hall–Kier alpha value is -3.25. The Kier molecular flexibility index (Phi) is 7.86. The van der Waals surface area contributed by atoms with E-state index in [1.807, 2.05) is 0 Å². The number of imidazole rings is 2. The van der Waals surface area contributed by atoms with E-state index in [4.69, 9.17) is 0 Å². The number of amides is 1. The SMILES string of the molecule is CNC(Cc1cnc[nH]1)C(=O)NC(C(=O)O)C(C)NC(Cc1cnc[nH]1)C(=O)O. The van der Waals surface area contributed by atoms with Crippen LogP contribution in [0.25, 0.3) is 0 Å². The van der Waals surface area contributed by atoms with Gasteiger partial charge in [0.1, 0.15) is 12.1 Å². The number of hydrogen-bond acceptors (Lipinski definition) is 7. The van der Waals surface area contributed by atoms with Crippen molar-refractivity contribution in [3.63, 3.8) is 0 Å². The van der Waals surface area contributed by atoms with Crippen molar-refractivity contribution >= 4 is 17.8 Å². The number of likely N-dealkylation sites (N-methyl/N-ethyl adjacent to an activating group) is 1. The maximum Gasteiger partial charge on any atom is 0.327 e. The van der Waals surface area contributed by atoms with Crippen molar-refractivity contribution in [3.05, 3.63) is 36.4 Å². The second-order valence-electron chi connectivity index (χ2n) is 6.57. The van der Waals surface area contributed by atoms with Crippen LogP contribution in [0.15, 0.2) is 25.0 Å². The van der Waals surface area contributed by atoms with Crippen LogP contribution in [0.3, 0.4) is 0 Å². The molecular weight excluding hydrogens is 382 g/mol. The zero-order valence-corrected chi connectivity index (χ0v) is 16.0. The molecule has 0 saturated heterocycles. The lowest BCUT2D eigenvalue weighted by Gasteiger charge is -2.27. The topological polar surface area (TPSA) is 185 Å². The summed E-state index contributed by atoms with van der Waals surface area (Å²) in [4.78, 5) is 49.2. The molecule has 0 aliphatic rings. The van der Waals surface area contributed by atoms with E-state index in [0.717, 1.165) is 0 Å². The van der Waals surface area contributed by atoms with Crippen molar-refractivity contribution in [2.24, 2.45) is 0 Å². The molecule has 1 amide bonds. The summed E-state index contributed by atoms with van der Waals surface area (Å²) in [5, 5.41) is 27.1. The number of aromatic amines is 2. The van der Waals surface area contributed by atoms with E-state index >= 15 is 0 Å². The maximum absolute atomic E-state index is 12.6. The summed E-state index contributed by atoms with van der Waals surface area (Å²) < 4.78 is 0. The number of aromatic nitrogens is 4. The molecule has 0 bridgehead atoms. The van der Waals surface area contributed by atoms with Gasteiger partial charge in [0.2, 0.25) is 5.91 Å². The Balaban J connectivity index is 2.03. The molecule has 0 fully saturated rings. The number of nitrogens with zero attached hydrogens (tertiary/aromatic N) is 2. The summed E-state index contributed by atoms with van der Waals surface area (Å²) in [5.74, 6) is -2.95. The highest BCUT2D eigenvalue weighted by Crippen LogP contribution is 2.05. The van der Waals surface area contributed by atoms with Gasteiger partial charge in [0, 0.05) is 42.7 Å². The van der Waals surface area contributed by atoms with Gasteiger partial charge in [-0.1, -0.05) is 0 Å². The molecule has 0 saturated carbocycles. The summed E-state index contributed by atoms with van der Waals surface area (Å²) in [6.45, 7) is 1.51. The van der Waals surface area contributed by atoms with Gasteiger partial charge in [-0.3, -0.25) is 14.9 Å². The molecule has 2 aromatic heterocycles. The molecule has 158 valence electrons. The molecule has 0 aromatic carbocycles. The second kappa shape index (κ2) is 10.3. The summed E-state index contributed by atoms with van der Waals surface area (Å²) in [6.07, 6.45) is 6.34. The zero-order valence-electron chi connectivity index (χ0n) is 16.0. The molecule has 7 N–H and O–H groups in total. The minimum Gasteiger partial charge on any atom is -0.480 e. The van der Waals surface area contributed by atoms with Gasteiger partial charge >= 0.3 is 11.9 Å². The van der Waals surface area contributed by atoms with Gasteiger partial charge in [0.05, 0.1) is 18.7 Å². The number of rotatable bonds is 12. The van der Waals surface area contributed by atoms with Crippen LogP contribution >= 0.6 is 0 Å². The number of H-pyrrole nitrogens is 2. The molecule has 0 spiro atoms. The Morgan fingerprint density at radius 2 is 1.55 bits per heavy atom. The quantitative estimate of drug-likeness (QED) is 0.220. The van der Waals surface area contributed by atoms with E-state index in [2.05, 4.69) is 35.9 Å². The largest absolute Gasteiger partial charge is 0.480 e. The molecule has 12 heteroatoms. The third kappa shape index (κ3) is 6.40. The van der Waals surface area contributed by atoms with Crippen LogP contribution in [0.1, 0.15) is 18.3 Å². The second-order valence-corrected chi connectivity index (χ2v) is 6.57. The number of carbonyl (C=O) groups is 3. The van der Waals surface area contributed by atoms with Crippen LogP contribution in [0.5, 0.6) is 0 Å². The molecule has 12 nitrogen and oxygen atoms in total. The Morgan fingerprint density at radius 1 is 1.00 bits per heavy atom. The molecule has 2 rings (SSSR count). The summed E-state index contributed by atoms with van der Waals surface area (Å²) in [6, 6.07) is -3.94. The number of hydrogen-bond donors (Lipinski definition) is 7. The number of nitrogens with one attached hydrogen (secondary N) is 5. The van der Waals surface area contributed by atoms with Crippen LogP contribution in [-0.2, 0) is 27.2 Å². The van der Waals surface area contributed by atoms with E-state index in [1.54, 1.807) is 13.2 Å². The van der Waals surface area contributed by atoms with E-state index in [0.29, 0.717) is 11.4 Å². The van der Waals surface area contributed by atoms with E-state index < -0.39 is 42.0 Å². The standard InChI is InChI=1S/C17H25N7O5/c1-9(23-13(16(26)27)4-11-6-20-8-22-11)14(17(28)29)24-15(25)12(18-2)3-10-5-19-7-21-10/h5-9,12-14,18,23H,3-4H2,1-2H3,(H,19,21)(H,20,22)(H,24,25)(H,26,27)(H,28,29). The first kappa shape index (κ1) is 22.0. The van der Waals surface area contributed by atoms with E-state index in [1.165, 1.54) is 25.8 Å². The number of carbonyl (C=O) groups excluding carboxylic acids is 1. The average Bonchev–Trinajstić information content (AvgIpc) is 3.36. The molecular formula is C17H25N7O5. The lowest BCUT2D eigenvalue weighted by molar-refractivity contribution is -0.144. The number of aliphatic carboxylic acids is 2. The van der Waals surface area contributed by atoms with Crippen LogP contribution in [0.4, 0.5) is 0 Å². The highest BCUT2D eigenvalue weighted by Gasteiger charge is 2.32. The number of carboxylic acid groups (broad SMARTS) is 2. The number of carboxylic acids is 2. The fourth-order valence-electron chi connectivity index (χ4n) is 2.84. The molecule has 0 aliphatic carbocycles. The van der Waals surface area contributed by atoms with E-state index in [-0.39, 0.29) is 12.8 Å². The fraction of sp³-hybridized carbons (Fsp3) is 0.471. The van der Waals surface area contributed by atoms with Gasteiger partial charge < -0.3 is 30.8 Å². The molecule has 4 unspecified atom stereocenters. The Morgan fingerprint density at radius 3 is 1.97 bits per heavy atom. The van der Waals surface area contributed by atoms with Gasteiger partial charge in [-0.2, -0.15) is 0 Å². The lowest BCUT2D eigenvalue weighted by atomic mass is 10.0. The van der Waals surface area contributed by atoms with Gasteiger partial charge in [0.15, 0.2) is 0 Å². The smallest absolute Gasteiger partial charge is 0.327 e. The van der Waals surface area contributed by atoms with Crippen LogP contribution in [0, 0.1) is 0 Å². The highest BCUT2D eigenvalue weighted by atomic mass is 16.4. The first-order valence-electron chi connectivity index (χ1n) is 8.95. The summed E-state index contributed by atoms with van der Waals surface area (Å²) in [7, 11) is 1.59. The third-order valence-corrected chi connectivity index (χ3v) is 4.45. The molecule has 0 radical (unpaired) electrons. The first-order chi connectivity index (χ1) is 13.8. The third-order valence-electron chi connectivity index (χ3n) is 4.45. The van der Waals surface area contributed by atoms with Gasteiger partial charge in [-0.25, -0.2) is 14.8 Å². The van der Waals surface area contributed by atoms with Crippen molar-refractivity contribution < 1.29 is 24.6 Å². The minimum atomic E-state index is -1.33. The Labute approximate surface area is 166 Å². The summed E-state index contributed by atoms with van der Waals surface area (Å²) >= 11 is 0. The van der Waals surface area contributed by atoms with Crippen molar-refractivity contribution in [3.8, 4) is 0 Å². The molecule has 0 aliphatic heterocycles. The first-order valence-corrected chi connectivity index (χ1v) is 8.95. The molecule has 2 aromatic rings. The van der Waals surface area contributed by atoms with Crippen molar-refractivity contribution in [2.75, 3.05) is 7.05 Å². The van der Waals surface area contributed by atoms with Crippen molar-refractivity contribution in [1.82, 2.24) is 35.9 Å². The van der Waals surface area contributed by atoms with Gasteiger partial charge in [-0.15, -0.1) is 0 Å².